The van der Waals surface area contributed by atoms with Crippen molar-refractivity contribution in [1.29, 1.82) is 0 Å². The zero-order valence-corrected chi connectivity index (χ0v) is 10.4. The van der Waals surface area contributed by atoms with E-state index < -0.39 is 0 Å². The van der Waals surface area contributed by atoms with E-state index in [0.717, 1.165) is 13.1 Å². The highest BCUT2D eigenvalue weighted by Gasteiger charge is 2.20. The van der Waals surface area contributed by atoms with E-state index in [1.165, 1.54) is 12.3 Å². The molecule has 2 aliphatic rings. The minimum absolute atomic E-state index is 0.149. The van der Waals surface area contributed by atoms with Crippen LogP contribution >= 0.6 is 0 Å². The fourth-order valence-electron chi connectivity index (χ4n) is 1.60. The molecule has 0 fully saturated rings. The zero-order chi connectivity index (χ0) is 13.0. The Bertz CT molecular complexity index is 495. The molecule has 5 nitrogen and oxygen atoms in total. The summed E-state index contributed by atoms with van der Waals surface area (Å²) in [5.41, 5.74) is 0. The predicted octanol–water partition coefficient (Wildman–Crippen LogP) is 2.03. The lowest BCUT2D eigenvalue weighted by Gasteiger charge is -2.18. The van der Waals surface area contributed by atoms with Crippen molar-refractivity contribution in [3.63, 3.8) is 0 Å². The smallest absolute Gasteiger partial charge is 0.204 e. The van der Waals surface area contributed by atoms with E-state index in [4.69, 9.17) is 9.47 Å². The first kappa shape index (κ1) is 12.3. The highest BCUT2D eigenvalue weighted by atomic mass is 16.6. The van der Waals surface area contributed by atoms with E-state index in [9.17, 15) is 5.11 Å². The van der Waals surface area contributed by atoms with Crippen molar-refractivity contribution < 1.29 is 14.6 Å². The molecule has 2 heterocycles. The van der Waals surface area contributed by atoms with Crippen LogP contribution in [-0.4, -0.2) is 24.0 Å². The molecular weight excluding hydrogens is 232 g/mol. The van der Waals surface area contributed by atoms with Crippen molar-refractivity contribution in [3.8, 4) is 17.2 Å². The molecule has 0 unspecified atom stereocenters. The van der Waals surface area contributed by atoms with Gasteiger partial charge >= 0.3 is 0 Å². The molecule has 0 bridgehead atoms. The standard InChI is InChI=1S/C11H10N2O3.C2H6/c14-7-1-2-8-9(5-7)15-6-10(16-8)11-12-3-4-13-11;1-2/h1-2,5-6,14H,3-4H2,(H,12,13);1-2H3. The van der Waals surface area contributed by atoms with Gasteiger partial charge in [0.05, 0.1) is 6.54 Å². The molecule has 0 spiro atoms. The largest absolute Gasteiger partial charge is 0.508 e. The van der Waals surface area contributed by atoms with Crippen molar-refractivity contribution in [3.05, 3.63) is 30.2 Å². The maximum Gasteiger partial charge on any atom is 0.204 e. The van der Waals surface area contributed by atoms with E-state index in [1.54, 1.807) is 12.1 Å². The summed E-state index contributed by atoms with van der Waals surface area (Å²) in [7, 11) is 0. The molecular formula is C13H16N2O3. The Labute approximate surface area is 106 Å². The van der Waals surface area contributed by atoms with Crippen LogP contribution in [0.1, 0.15) is 13.8 Å². The number of rotatable bonds is 1. The van der Waals surface area contributed by atoms with Gasteiger partial charge in [0.15, 0.2) is 17.3 Å². The second kappa shape index (κ2) is 5.44. The summed E-state index contributed by atoms with van der Waals surface area (Å²) < 4.78 is 11.0. The number of nitrogens with one attached hydrogen (secondary N) is 1. The first-order chi connectivity index (χ1) is 8.83. The molecule has 18 heavy (non-hydrogen) atoms. The molecule has 96 valence electrons. The van der Waals surface area contributed by atoms with Gasteiger partial charge in [0.2, 0.25) is 5.76 Å². The van der Waals surface area contributed by atoms with Crippen LogP contribution in [0.15, 0.2) is 35.2 Å². The molecule has 0 amide bonds. The van der Waals surface area contributed by atoms with Crippen molar-refractivity contribution in [1.82, 2.24) is 5.32 Å². The third-order valence-electron chi connectivity index (χ3n) is 2.35. The summed E-state index contributed by atoms with van der Waals surface area (Å²) in [6.07, 6.45) is 1.49. The summed E-state index contributed by atoms with van der Waals surface area (Å²) in [5, 5.41) is 12.4. The van der Waals surface area contributed by atoms with Crippen molar-refractivity contribution in [2.24, 2.45) is 4.99 Å². The third kappa shape index (κ3) is 2.40. The fraction of sp³-hybridized carbons (Fsp3) is 0.308. The molecule has 2 N–H and O–H groups in total. The Balaban J connectivity index is 0.000000574. The highest BCUT2D eigenvalue weighted by Crippen LogP contribution is 2.35. The molecule has 1 aromatic rings. The van der Waals surface area contributed by atoms with Gasteiger partial charge < -0.3 is 19.9 Å². The van der Waals surface area contributed by atoms with Gasteiger partial charge in [0, 0.05) is 12.6 Å². The van der Waals surface area contributed by atoms with Crippen molar-refractivity contribution >= 4 is 5.84 Å². The number of nitrogens with zero attached hydrogens (tertiary/aromatic N) is 1. The molecule has 5 heteroatoms. The first-order valence-corrected chi connectivity index (χ1v) is 5.99. The van der Waals surface area contributed by atoms with Gasteiger partial charge in [0.25, 0.3) is 0 Å². The van der Waals surface area contributed by atoms with E-state index in [0.29, 0.717) is 23.1 Å². The van der Waals surface area contributed by atoms with Crippen LogP contribution in [0.5, 0.6) is 17.2 Å². The molecule has 3 rings (SSSR count). The number of ether oxygens (including phenoxy) is 2. The Morgan fingerprint density at radius 1 is 1.28 bits per heavy atom. The van der Waals surface area contributed by atoms with Crippen LogP contribution < -0.4 is 14.8 Å². The first-order valence-electron chi connectivity index (χ1n) is 5.99. The number of hydrogen-bond acceptors (Lipinski definition) is 5. The maximum atomic E-state index is 9.27. The van der Waals surface area contributed by atoms with E-state index in [2.05, 4.69) is 10.3 Å². The zero-order valence-electron chi connectivity index (χ0n) is 10.4. The quantitative estimate of drug-likeness (QED) is 0.798. The van der Waals surface area contributed by atoms with Crippen molar-refractivity contribution in [2.45, 2.75) is 13.8 Å². The molecule has 0 aromatic heterocycles. The third-order valence-corrected chi connectivity index (χ3v) is 2.35. The number of aliphatic imine (C=N–C) groups is 1. The Morgan fingerprint density at radius 3 is 2.83 bits per heavy atom. The number of phenols is 1. The van der Waals surface area contributed by atoms with E-state index in [1.807, 2.05) is 13.8 Å². The average molecular weight is 248 g/mol. The van der Waals surface area contributed by atoms with Crippen LogP contribution in [0, 0.1) is 0 Å². The number of phenolic OH excluding ortho intramolecular Hbond substituents is 1. The fourth-order valence-corrected chi connectivity index (χ4v) is 1.60. The Hall–Kier alpha value is -2.17. The van der Waals surface area contributed by atoms with E-state index >= 15 is 0 Å². The van der Waals surface area contributed by atoms with Gasteiger partial charge in [0.1, 0.15) is 12.0 Å². The minimum atomic E-state index is 0.149. The van der Waals surface area contributed by atoms with Crippen LogP contribution in [0.25, 0.3) is 0 Å². The van der Waals surface area contributed by atoms with Crippen LogP contribution in [0.3, 0.4) is 0 Å². The maximum absolute atomic E-state index is 9.27. The number of aromatic hydroxyl groups is 1. The summed E-state index contributed by atoms with van der Waals surface area (Å²) >= 11 is 0. The summed E-state index contributed by atoms with van der Waals surface area (Å²) in [5.74, 6) is 2.50. The lowest BCUT2D eigenvalue weighted by molar-refractivity contribution is 0.340. The number of fused-ring (bicyclic) bond motifs is 1. The van der Waals surface area contributed by atoms with Gasteiger partial charge in [-0.25, -0.2) is 0 Å². The van der Waals surface area contributed by atoms with Gasteiger partial charge in [-0.2, -0.15) is 0 Å². The minimum Gasteiger partial charge on any atom is -0.508 e. The lowest BCUT2D eigenvalue weighted by atomic mass is 10.3. The van der Waals surface area contributed by atoms with Crippen molar-refractivity contribution in [2.75, 3.05) is 13.1 Å². The predicted molar refractivity (Wildman–Crippen MR) is 69.1 cm³/mol. The van der Waals surface area contributed by atoms with Crippen LogP contribution in [0.4, 0.5) is 0 Å². The molecule has 0 atom stereocenters. The van der Waals surface area contributed by atoms with Gasteiger partial charge in [-0.05, 0) is 12.1 Å². The Kier molecular flexibility index (Phi) is 3.72. The second-order valence-electron chi connectivity index (χ2n) is 3.49. The number of benzene rings is 1. The summed E-state index contributed by atoms with van der Waals surface area (Å²) in [4.78, 5) is 4.23. The highest BCUT2D eigenvalue weighted by molar-refractivity contribution is 5.98. The topological polar surface area (TPSA) is 63.1 Å². The molecule has 0 saturated carbocycles. The Morgan fingerprint density at radius 2 is 2.11 bits per heavy atom. The SMILES string of the molecule is CC.Oc1ccc2c(c1)OC=C(C1=NCCN1)O2. The monoisotopic (exact) mass is 248 g/mol. The van der Waals surface area contributed by atoms with Gasteiger partial charge in [-0.15, -0.1) is 0 Å². The number of amidine groups is 1. The molecule has 0 radical (unpaired) electrons. The van der Waals surface area contributed by atoms with Gasteiger partial charge in [-0.3, -0.25) is 4.99 Å². The molecule has 1 aromatic carbocycles. The second-order valence-corrected chi connectivity index (χ2v) is 3.49. The molecule has 2 aliphatic heterocycles. The van der Waals surface area contributed by atoms with Crippen LogP contribution in [0.2, 0.25) is 0 Å². The summed E-state index contributed by atoms with van der Waals surface area (Å²) in [6.45, 7) is 5.57. The molecule has 0 aliphatic carbocycles. The molecule has 0 saturated heterocycles. The average Bonchev–Trinajstić information content (AvgIpc) is 2.94. The van der Waals surface area contributed by atoms with Crippen LogP contribution in [-0.2, 0) is 0 Å². The summed E-state index contributed by atoms with van der Waals surface area (Å²) in [6, 6.07) is 4.72. The van der Waals surface area contributed by atoms with E-state index in [-0.39, 0.29) is 5.75 Å². The number of hydrogen-bond donors (Lipinski definition) is 2. The van der Waals surface area contributed by atoms with Gasteiger partial charge in [-0.1, -0.05) is 13.8 Å². The normalized spacial score (nSPS) is 15.9. The lowest BCUT2D eigenvalue weighted by Crippen LogP contribution is -2.25.